The molecule has 1 aromatic carbocycles. The van der Waals surface area contributed by atoms with Gasteiger partial charge in [-0.3, -0.25) is 0 Å². The van der Waals surface area contributed by atoms with E-state index < -0.39 is 18.0 Å². The molecule has 2 rings (SSSR count). The van der Waals surface area contributed by atoms with Crippen molar-refractivity contribution in [3.05, 3.63) is 40.3 Å². The van der Waals surface area contributed by atoms with E-state index >= 15 is 0 Å². The van der Waals surface area contributed by atoms with E-state index in [1.54, 1.807) is 32.0 Å². The molecule has 1 heterocycles. The Morgan fingerprint density at radius 3 is 2.61 bits per heavy atom. The molecule has 1 aromatic heterocycles. The van der Waals surface area contributed by atoms with Crippen molar-refractivity contribution in [3.63, 3.8) is 0 Å². The molecule has 0 unspecified atom stereocenters. The number of aromatic nitrogens is 1. The largest absolute Gasteiger partial charge is 0.480 e. The van der Waals surface area contributed by atoms with Crippen LogP contribution in [0.15, 0.2) is 18.2 Å². The molecule has 1 atom stereocenters. The first-order valence-electron chi connectivity index (χ1n) is 9.13. The zero-order valence-electron chi connectivity index (χ0n) is 16.3. The van der Waals surface area contributed by atoms with Gasteiger partial charge in [0.1, 0.15) is 16.8 Å². The smallest absolute Gasteiger partial charge is 0.326 e. The van der Waals surface area contributed by atoms with Gasteiger partial charge in [-0.25, -0.2) is 9.78 Å². The number of halogens is 2. The van der Waals surface area contributed by atoms with Gasteiger partial charge in [0.15, 0.2) is 11.6 Å². The molecule has 152 valence electrons. The summed E-state index contributed by atoms with van der Waals surface area (Å²) in [5.41, 5.74) is 7.75. The summed E-state index contributed by atoms with van der Waals surface area (Å²) in [6.07, 6.45) is 0.576. The van der Waals surface area contributed by atoms with Gasteiger partial charge in [0, 0.05) is 5.69 Å². The van der Waals surface area contributed by atoms with Crippen molar-refractivity contribution in [3.8, 4) is 11.5 Å². The molecular weight excluding hydrogens is 385 g/mol. The van der Waals surface area contributed by atoms with Gasteiger partial charge in [-0.2, -0.15) is 4.39 Å². The molecule has 28 heavy (non-hydrogen) atoms. The summed E-state index contributed by atoms with van der Waals surface area (Å²) in [4.78, 5) is 15.1. The number of aliphatic carboxylic acids is 1. The molecule has 0 aliphatic rings. The number of nitrogens with one attached hydrogen (secondary N) is 1. The minimum Gasteiger partial charge on any atom is -0.480 e. The van der Waals surface area contributed by atoms with Crippen LogP contribution in [0.1, 0.15) is 51.2 Å². The lowest BCUT2D eigenvalue weighted by molar-refractivity contribution is -0.137. The molecule has 0 amide bonds. The molecule has 0 saturated heterocycles. The number of nitrogens with zero attached hydrogens (tertiary/aromatic N) is 1. The monoisotopic (exact) mass is 409 g/mol. The zero-order chi connectivity index (χ0) is 21.0. The predicted molar refractivity (Wildman–Crippen MR) is 109 cm³/mol. The molecule has 8 heteroatoms. The molecular formula is C20H25ClFN3O3. The Morgan fingerprint density at radius 1 is 1.39 bits per heavy atom. The van der Waals surface area contributed by atoms with E-state index in [-0.39, 0.29) is 34.5 Å². The molecule has 0 radical (unpaired) electrons. The topological polar surface area (TPSA) is 97.5 Å². The number of carboxylic acids is 1. The van der Waals surface area contributed by atoms with Gasteiger partial charge in [-0.15, -0.1) is 0 Å². The first kappa shape index (κ1) is 21.8. The Hall–Kier alpha value is -2.54. The van der Waals surface area contributed by atoms with Crippen molar-refractivity contribution in [1.29, 1.82) is 0 Å². The SMILES string of the molecule is CCc1c(F)nc(N[C@@H](CC)C(=O)O)c(Cl)c1Oc1ccc(N)c(C(C)C)c1. The Morgan fingerprint density at radius 2 is 2.07 bits per heavy atom. The number of carbonyl (C=O) groups is 1. The van der Waals surface area contributed by atoms with E-state index in [4.69, 9.17) is 22.1 Å². The summed E-state index contributed by atoms with van der Waals surface area (Å²) < 4.78 is 20.5. The summed E-state index contributed by atoms with van der Waals surface area (Å²) in [5.74, 6) is -1.17. The van der Waals surface area contributed by atoms with Crippen LogP contribution in [0.2, 0.25) is 5.02 Å². The minimum atomic E-state index is -1.08. The molecule has 2 aromatic rings. The summed E-state index contributed by atoms with van der Waals surface area (Å²) >= 11 is 6.42. The number of carboxylic acid groups (broad SMARTS) is 1. The molecule has 0 bridgehead atoms. The minimum absolute atomic E-state index is 0.0286. The van der Waals surface area contributed by atoms with Gasteiger partial charge < -0.3 is 20.9 Å². The lowest BCUT2D eigenvalue weighted by Crippen LogP contribution is -2.29. The van der Waals surface area contributed by atoms with Gasteiger partial charge in [0.25, 0.3) is 0 Å². The third-order valence-electron chi connectivity index (χ3n) is 4.41. The molecule has 0 aliphatic heterocycles. The number of nitrogen functional groups attached to an aromatic ring is 1. The number of rotatable bonds is 8. The van der Waals surface area contributed by atoms with Crippen molar-refractivity contribution in [2.24, 2.45) is 0 Å². The van der Waals surface area contributed by atoms with Crippen LogP contribution in [0.4, 0.5) is 15.9 Å². The van der Waals surface area contributed by atoms with Crippen LogP contribution in [0.5, 0.6) is 11.5 Å². The summed E-state index contributed by atoms with van der Waals surface area (Å²) in [6.45, 7) is 7.45. The first-order chi connectivity index (χ1) is 13.2. The maximum Gasteiger partial charge on any atom is 0.326 e. The number of hydrogen-bond acceptors (Lipinski definition) is 5. The Balaban J connectivity index is 2.51. The van der Waals surface area contributed by atoms with E-state index in [2.05, 4.69) is 10.3 Å². The fourth-order valence-electron chi connectivity index (χ4n) is 2.79. The van der Waals surface area contributed by atoms with E-state index in [0.29, 0.717) is 17.9 Å². The Labute approximate surface area is 168 Å². The fourth-order valence-corrected chi connectivity index (χ4v) is 3.04. The number of pyridine rings is 1. The zero-order valence-corrected chi connectivity index (χ0v) is 17.1. The molecule has 0 fully saturated rings. The predicted octanol–water partition coefficient (Wildman–Crippen LogP) is 5.21. The first-order valence-corrected chi connectivity index (χ1v) is 9.51. The molecule has 0 aliphatic carbocycles. The highest BCUT2D eigenvalue weighted by atomic mass is 35.5. The van der Waals surface area contributed by atoms with Crippen LogP contribution < -0.4 is 15.8 Å². The summed E-state index contributed by atoms with van der Waals surface area (Å²) in [5, 5.41) is 11.9. The summed E-state index contributed by atoms with van der Waals surface area (Å²) in [6, 6.07) is 4.23. The second kappa shape index (κ2) is 9.10. The fraction of sp³-hybridized carbons (Fsp3) is 0.400. The Bertz CT molecular complexity index is 874. The van der Waals surface area contributed by atoms with Crippen LogP contribution in [0, 0.1) is 5.95 Å². The van der Waals surface area contributed by atoms with E-state index in [0.717, 1.165) is 5.56 Å². The number of ether oxygens (including phenoxy) is 1. The van der Waals surface area contributed by atoms with Crippen LogP contribution in [-0.2, 0) is 11.2 Å². The lowest BCUT2D eigenvalue weighted by Gasteiger charge is -2.19. The average molecular weight is 410 g/mol. The molecule has 6 nitrogen and oxygen atoms in total. The van der Waals surface area contributed by atoms with E-state index in [9.17, 15) is 14.3 Å². The number of hydrogen-bond donors (Lipinski definition) is 3. The van der Waals surface area contributed by atoms with E-state index in [1.807, 2.05) is 13.8 Å². The van der Waals surface area contributed by atoms with Gasteiger partial charge in [0.2, 0.25) is 5.95 Å². The van der Waals surface area contributed by atoms with Crippen LogP contribution in [0.3, 0.4) is 0 Å². The standard InChI is InChI=1S/C20H25ClFN3O3/c1-5-12-17(28-11-7-8-14(23)13(9-11)10(3)4)16(21)19(25-18(12)22)24-15(6-2)20(26)27/h7-10,15H,5-6,23H2,1-4H3,(H,24,25)(H,26,27)/t15-/m0/s1. The maximum absolute atomic E-state index is 14.6. The maximum atomic E-state index is 14.6. The van der Waals surface area contributed by atoms with Crippen molar-refractivity contribution >= 4 is 29.1 Å². The van der Waals surface area contributed by atoms with Crippen LogP contribution in [0.25, 0.3) is 0 Å². The lowest BCUT2D eigenvalue weighted by atomic mass is 10.0. The van der Waals surface area contributed by atoms with Gasteiger partial charge >= 0.3 is 5.97 Å². The molecule has 0 saturated carbocycles. The third kappa shape index (κ3) is 4.65. The summed E-state index contributed by atoms with van der Waals surface area (Å²) in [7, 11) is 0. The van der Waals surface area contributed by atoms with Gasteiger partial charge in [-0.05, 0) is 42.5 Å². The quantitative estimate of drug-likeness (QED) is 0.409. The molecule has 4 N–H and O–H groups in total. The van der Waals surface area contributed by atoms with Crippen LogP contribution in [-0.4, -0.2) is 22.1 Å². The Kier molecular flexibility index (Phi) is 7.07. The highest BCUT2D eigenvalue weighted by Gasteiger charge is 2.24. The van der Waals surface area contributed by atoms with Crippen molar-refractivity contribution in [2.75, 3.05) is 11.1 Å². The van der Waals surface area contributed by atoms with Crippen molar-refractivity contribution in [2.45, 2.75) is 52.5 Å². The van der Waals surface area contributed by atoms with Crippen molar-refractivity contribution in [1.82, 2.24) is 4.98 Å². The van der Waals surface area contributed by atoms with Gasteiger partial charge in [0.05, 0.1) is 5.56 Å². The highest BCUT2D eigenvalue weighted by Crippen LogP contribution is 2.40. The number of anilines is 2. The average Bonchev–Trinajstić information content (AvgIpc) is 2.64. The third-order valence-corrected chi connectivity index (χ3v) is 4.76. The van der Waals surface area contributed by atoms with Crippen LogP contribution >= 0.6 is 11.6 Å². The second-order valence-corrected chi connectivity index (χ2v) is 7.10. The highest BCUT2D eigenvalue weighted by molar-refractivity contribution is 6.34. The van der Waals surface area contributed by atoms with Crippen molar-refractivity contribution < 1.29 is 19.0 Å². The normalized spacial score (nSPS) is 12.1. The number of nitrogens with two attached hydrogens (primary N) is 1. The number of benzene rings is 1. The second-order valence-electron chi connectivity index (χ2n) is 6.72. The van der Waals surface area contributed by atoms with E-state index in [1.165, 1.54) is 0 Å². The molecule has 0 spiro atoms. The van der Waals surface area contributed by atoms with Gasteiger partial charge in [-0.1, -0.05) is 39.3 Å².